The van der Waals surface area contributed by atoms with E-state index < -0.39 is 77.1 Å². The van der Waals surface area contributed by atoms with Crippen molar-refractivity contribution in [2.45, 2.75) is 166 Å². The summed E-state index contributed by atoms with van der Waals surface area (Å²) in [7, 11) is 0. The van der Waals surface area contributed by atoms with E-state index in [2.05, 4.69) is 24.5 Å². The minimum Gasteiger partial charge on any atom is -0.499 e. The highest BCUT2D eigenvalue weighted by molar-refractivity contribution is 5.94. The van der Waals surface area contributed by atoms with Crippen LogP contribution in [-0.4, -0.2) is 113 Å². The number of hydrogen-bond donors (Lipinski definition) is 4. The highest BCUT2D eigenvalue weighted by atomic mass is 16.8. The number of nitrogens with one attached hydrogen (secondary N) is 2. The number of aliphatic hydroxyl groups is 2. The number of hydrogen-bond acceptors (Lipinski definition) is 13. The molecule has 0 unspecified atom stereocenters. The number of benzene rings is 1. The van der Waals surface area contributed by atoms with Crippen LogP contribution in [0.5, 0.6) is 0 Å². The number of unbranched alkanes of at least 4 members (excludes halogenated alkanes) is 4. The zero-order chi connectivity index (χ0) is 41.9. The van der Waals surface area contributed by atoms with Gasteiger partial charge in [-0.1, -0.05) is 63.8 Å². The average Bonchev–Trinajstić information content (AvgIpc) is 3.73. The fourth-order valence-electron chi connectivity index (χ4n) is 8.57. The van der Waals surface area contributed by atoms with Gasteiger partial charge in [0.25, 0.3) is 0 Å². The van der Waals surface area contributed by atoms with Gasteiger partial charge in [-0.2, -0.15) is 5.06 Å². The van der Waals surface area contributed by atoms with Gasteiger partial charge < -0.3 is 44.5 Å². The van der Waals surface area contributed by atoms with Crippen LogP contribution in [-0.2, 0) is 54.2 Å². The molecule has 4 aliphatic rings. The molecule has 3 aliphatic heterocycles. The Morgan fingerprint density at radius 3 is 2.43 bits per heavy atom. The van der Waals surface area contributed by atoms with Gasteiger partial charge in [0, 0.05) is 38.6 Å². The fraction of sp³-hybridized carbons (Fsp3) is 0.721. The van der Waals surface area contributed by atoms with Crippen molar-refractivity contribution in [1.29, 1.82) is 0 Å². The van der Waals surface area contributed by atoms with E-state index in [0.717, 1.165) is 49.7 Å². The summed E-state index contributed by atoms with van der Waals surface area (Å²) in [6.45, 7) is 9.39. The largest absolute Gasteiger partial charge is 0.499 e. The molecule has 324 valence electrons. The van der Waals surface area contributed by atoms with Crippen molar-refractivity contribution >= 4 is 29.8 Å². The minimum atomic E-state index is -1.42. The standard InChI is InChI=1S/C43H65N3O12/c1-6-8-10-19-42(20-11-9-7-2)56-35-32-26-43(40(52)44-21-17-33(49)45-31(28-48)15-16-34(50)55-41(3,4)5)37(39(51)54-32)46(58-38(43)36(35)57-42)27-30-14-12-13-29(25-30)18-23-53-24-22-47/h12-14,18,23,25,31-32,35-38,47-48H,6-11,15-17,19-22,24,26-28H2,1-5H3,(H,44,52)(H,45,49)/t31-,32+,35-,36-,37+,38+,43+/m0/s1. The Balaban J connectivity index is 1.36. The Bertz CT molecular complexity index is 1570. The van der Waals surface area contributed by atoms with Crippen LogP contribution >= 0.6 is 0 Å². The average molecular weight is 816 g/mol. The third-order valence-electron chi connectivity index (χ3n) is 11.2. The lowest BCUT2D eigenvalue weighted by Gasteiger charge is -2.48. The van der Waals surface area contributed by atoms with E-state index in [1.54, 1.807) is 26.8 Å². The number of carbonyl (C=O) groups is 4. The molecule has 4 N–H and O–H groups in total. The molecular weight excluding hydrogens is 750 g/mol. The fourth-order valence-corrected chi connectivity index (χ4v) is 8.57. The van der Waals surface area contributed by atoms with Gasteiger partial charge in [0.2, 0.25) is 11.8 Å². The Hall–Kier alpha value is -3.60. The SMILES string of the molecule is CCCCCC1(CCCCC)O[C@@H]2[C@H](O1)[C@H]1ON(Cc3cccc(C=COCCO)c3)[C@@H]3C(=O)O[C@@H]2C[C@]13C(=O)NCCC(=O)N[C@H](CO)CCC(=O)OC(C)(C)C. The summed E-state index contributed by atoms with van der Waals surface area (Å²) in [6.07, 6.45) is 7.76. The predicted octanol–water partition coefficient (Wildman–Crippen LogP) is 4.21. The van der Waals surface area contributed by atoms with E-state index in [0.29, 0.717) is 12.8 Å². The van der Waals surface area contributed by atoms with Crippen molar-refractivity contribution in [3.05, 3.63) is 41.7 Å². The topological polar surface area (TPSA) is 191 Å². The first kappa shape index (κ1) is 45.5. The van der Waals surface area contributed by atoms with Crippen LogP contribution in [0.1, 0.15) is 123 Å². The summed E-state index contributed by atoms with van der Waals surface area (Å²) < 4.78 is 30.6. The van der Waals surface area contributed by atoms with Crippen molar-refractivity contribution in [1.82, 2.24) is 15.7 Å². The van der Waals surface area contributed by atoms with Crippen LogP contribution in [0.15, 0.2) is 30.5 Å². The van der Waals surface area contributed by atoms with Crippen LogP contribution in [0.3, 0.4) is 0 Å². The van der Waals surface area contributed by atoms with Gasteiger partial charge in [-0.15, -0.1) is 0 Å². The predicted molar refractivity (Wildman–Crippen MR) is 212 cm³/mol. The third-order valence-corrected chi connectivity index (χ3v) is 11.2. The van der Waals surface area contributed by atoms with Crippen LogP contribution in [0, 0.1) is 5.41 Å². The van der Waals surface area contributed by atoms with Crippen LogP contribution in [0.4, 0.5) is 0 Å². The molecule has 2 bridgehead atoms. The third kappa shape index (κ3) is 11.2. The second kappa shape index (κ2) is 20.6. The van der Waals surface area contributed by atoms with Crippen molar-refractivity contribution in [2.24, 2.45) is 5.41 Å². The van der Waals surface area contributed by atoms with Gasteiger partial charge >= 0.3 is 11.9 Å². The molecule has 1 aliphatic carbocycles. The molecule has 1 saturated carbocycles. The lowest BCUT2D eigenvalue weighted by molar-refractivity contribution is -0.224. The smallest absolute Gasteiger partial charge is 0.327 e. The van der Waals surface area contributed by atoms with Gasteiger partial charge in [0.05, 0.1) is 32.1 Å². The number of ether oxygens (including phenoxy) is 5. The van der Waals surface area contributed by atoms with Gasteiger partial charge in [-0.25, -0.2) is 0 Å². The maximum atomic E-state index is 14.7. The Morgan fingerprint density at radius 1 is 1.03 bits per heavy atom. The van der Waals surface area contributed by atoms with Gasteiger partial charge in [-0.05, 0) is 57.2 Å². The Kier molecular flexibility index (Phi) is 16.1. The summed E-state index contributed by atoms with van der Waals surface area (Å²) in [5.41, 5.74) is -0.427. The number of nitrogens with zero attached hydrogens (tertiary/aromatic N) is 1. The molecule has 2 amide bonds. The molecule has 3 heterocycles. The van der Waals surface area contributed by atoms with Crippen molar-refractivity contribution in [3.8, 4) is 0 Å². The second-order valence-corrected chi connectivity index (χ2v) is 16.9. The Labute approximate surface area is 342 Å². The first-order chi connectivity index (χ1) is 27.8. The number of amides is 2. The van der Waals surface area contributed by atoms with E-state index in [-0.39, 0.29) is 58.6 Å². The van der Waals surface area contributed by atoms with Crippen molar-refractivity contribution < 1.29 is 57.9 Å². The summed E-state index contributed by atoms with van der Waals surface area (Å²) in [4.78, 5) is 60.8. The van der Waals surface area contributed by atoms with E-state index in [4.69, 9.17) is 33.6 Å². The molecule has 0 radical (unpaired) electrons. The van der Waals surface area contributed by atoms with Gasteiger partial charge in [0.15, 0.2) is 11.8 Å². The molecule has 0 spiro atoms. The molecule has 4 fully saturated rings. The first-order valence-electron chi connectivity index (χ1n) is 21.2. The molecule has 1 aromatic carbocycles. The van der Waals surface area contributed by atoms with Gasteiger partial charge in [0.1, 0.15) is 42.0 Å². The number of fused-ring (bicyclic) bond motifs is 4. The highest BCUT2D eigenvalue weighted by Crippen LogP contribution is 2.58. The summed E-state index contributed by atoms with van der Waals surface area (Å²) in [6, 6.07) is 5.80. The molecule has 5 rings (SSSR count). The molecule has 7 atom stereocenters. The first-order valence-corrected chi connectivity index (χ1v) is 21.2. The van der Waals surface area contributed by atoms with E-state index >= 15 is 0 Å². The number of aliphatic hydroxyl groups excluding tert-OH is 2. The molecular formula is C43H65N3O12. The molecule has 58 heavy (non-hydrogen) atoms. The van der Waals surface area contributed by atoms with Crippen LogP contribution in [0.2, 0.25) is 0 Å². The van der Waals surface area contributed by atoms with Crippen molar-refractivity contribution in [2.75, 3.05) is 26.4 Å². The van der Waals surface area contributed by atoms with Gasteiger partial charge in [-0.3, -0.25) is 24.0 Å². The Morgan fingerprint density at radius 2 is 1.76 bits per heavy atom. The maximum absolute atomic E-state index is 14.7. The zero-order valence-electron chi connectivity index (χ0n) is 34.9. The number of carbonyl (C=O) groups excluding carboxylic acids is 4. The van der Waals surface area contributed by atoms with E-state index in [1.807, 2.05) is 24.3 Å². The number of hydroxylamine groups is 2. The molecule has 1 aromatic rings. The van der Waals surface area contributed by atoms with Crippen LogP contribution in [0.25, 0.3) is 6.08 Å². The molecule has 15 nitrogen and oxygen atoms in total. The highest BCUT2D eigenvalue weighted by Gasteiger charge is 2.76. The quantitative estimate of drug-likeness (QED) is 0.0699. The monoisotopic (exact) mass is 815 g/mol. The normalized spacial score (nSPS) is 26.5. The zero-order valence-corrected chi connectivity index (χ0v) is 34.9. The minimum absolute atomic E-state index is 0.0189. The summed E-state index contributed by atoms with van der Waals surface area (Å²) >= 11 is 0. The maximum Gasteiger partial charge on any atom is 0.327 e. The number of rotatable bonds is 23. The second-order valence-electron chi connectivity index (χ2n) is 16.9. The summed E-state index contributed by atoms with van der Waals surface area (Å²) in [5.74, 6) is -2.79. The molecule has 0 aromatic heterocycles. The lowest BCUT2D eigenvalue weighted by atomic mass is 9.62. The van der Waals surface area contributed by atoms with E-state index in [9.17, 15) is 24.3 Å². The van der Waals surface area contributed by atoms with E-state index in [1.165, 1.54) is 11.3 Å². The summed E-state index contributed by atoms with van der Waals surface area (Å²) in [5, 5.41) is 26.2. The molecule has 3 saturated heterocycles. The molecule has 15 heteroatoms. The lowest BCUT2D eigenvalue weighted by Crippen LogP contribution is -2.69. The van der Waals surface area contributed by atoms with Crippen molar-refractivity contribution in [3.63, 3.8) is 0 Å². The van der Waals surface area contributed by atoms with Crippen LogP contribution < -0.4 is 10.6 Å². The number of esters is 2.